The zero-order valence-corrected chi connectivity index (χ0v) is 26.8. The Labute approximate surface area is 276 Å². The average Bonchev–Trinajstić information content (AvgIpc) is 3.71. The molecule has 1 aliphatic carbocycles. The molecule has 6 rings (SSSR count). The minimum absolute atomic E-state index is 0.000370. The van der Waals surface area contributed by atoms with Crippen LogP contribution in [0.15, 0.2) is 66.7 Å². The number of ether oxygens (including phenoxy) is 2. The summed E-state index contributed by atoms with van der Waals surface area (Å²) in [5.41, 5.74) is 9.36. The highest BCUT2D eigenvalue weighted by atomic mass is 32.1. The molecule has 1 aromatic heterocycles. The standard InChI is InChI=1S/C35H36FN5O5S/c1-21-7-12-24(13-8-21)31(34(43)38-18-22-9-14-25(36)15-10-22)41(19-23-11-16-27-28(17-23)46-20-45-27)35(44)32-29(37)30(40-47-32)33(42)39-26-5-3-2-4-6-26/h7-17,26,31H,2-6,18-20,37H2,1H3,(H,38,43)(H,39,42). The van der Waals surface area contributed by atoms with Crippen LogP contribution in [0.3, 0.4) is 0 Å². The molecule has 3 amide bonds. The van der Waals surface area contributed by atoms with Gasteiger partial charge in [0.1, 0.15) is 16.7 Å². The van der Waals surface area contributed by atoms with Gasteiger partial charge in [0.25, 0.3) is 11.8 Å². The number of nitrogens with two attached hydrogens (primary N) is 1. The van der Waals surface area contributed by atoms with Gasteiger partial charge in [-0.25, -0.2) is 4.39 Å². The highest BCUT2D eigenvalue weighted by molar-refractivity contribution is 7.09. The molecule has 47 heavy (non-hydrogen) atoms. The second-order valence-corrected chi connectivity index (χ2v) is 12.6. The molecular weight excluding hydrogens is 621 g/mol. The number of fused-ring (bicyclic) bond motifs is 1. The Morgan fingerprint density at radius 3 is 2.43 bits per heavy atom. The number of benzene rings is 3. The number of halogens is 1. The molecule has 3 aromatic carbocycles. The molecule has 244 valence electrons. The number of carbonyl (C=O) groups excluding carboxylic acids is 3. The van der Waals surface area contributed by atoms with E-state index in [4.69, 9.17) is 15.2 Å². The van der Waals surface area contributed by atoms with E-state index in [1.54, 1.807) is 42.5 Å². The number of hydrogen-bond acceptors (Lipinski definition) is 8. The number of amides is 3. The van der Waals surface area contributed by atoms with Crippen LogP contribution in [0.4, 0.5) is 10.1 Å². The first-order valence-corrected chi connectivity index (χ1v) is 16.4. The van der Waals surface area contributed by atoms with Crippen LogP contribution in [0.5, 0.6) is 11.5 Å². The lowest BCUT2D eigenvalue weighted by molar-refractivity contribution is -0.126. The predicted molar refractivity (Wildman–Crippen MR) is 175 cm³/mol. The van der Waals surface area contributed by atoms with Crippen LogP contribution in [-0.2, 0) is 17.9 Å². The van der Waals surface area contributed by atoms with Crippen LogP contribution in [0.25, 0.3) is 0 Å². The van der Waals surface area contributed by atoms with E-state index in [1.807, 2.05) is 19.1 Å². The van der Waals surface area contributed by atoms with Gasteiger partial charge in [-0.2, -0.15) is 4.37 Å². The molecule has 0 radical (unpaired) electrons. The van der Waals surface area contributed by atoms with Crippen molar-refractivity contribution in [2.24, 2.45) is 0 Å². The number of aryl methyl sites for hydroxylation is 1. The molecule has 1 atom stereocenters. The third-order valence-corrected chi connectivity index (χ3v) is 9.31. The molecule has 1 unspecified atom stereocenters. The summed E-state index contributed by atoms with van der Waals surface area (Å²) in [7, 11) is 0. The number of nitrogens with one attached hydrogen (secondary N) is 2. The molecule has 1 fully saturated rings. The first-order chi connectivity index (χ1) is 22.8. The lowest BCUT2D eigenvalue weighted by Crippen LogP contribution is -2.43. The van der Waals surface area contributed by atoms with E-state index < -0.39 is 23.8 Å². The van der Waals surface area contributed by atoms with Crippen molar-refractivity contribution in [3.8, 4) is 11.5 Å². The molecule has 4 N–H and O–H groups in total. The topological polar surface area (TPSA) is 136 Å². The minimum atomic E-state index is -1.10. The fraction of sp³-hybridized carbons (Fsp3) is 0.314. The summed E-state index contributed by atoms with van der Waals surface area (Å²) in [5.74, 6) is -0.700. The van der Waals surface area contributed by atoms with Crippen molar-refractivity contribution in [3.63, 3.8) is 0 Å². The zero-order valence-electron chi connectivity index (χ0n) is 26.0. The van der Waals surface area contributed by atoms with E-state index in [0.717, 1.165) is 49.2 Å². The second-order valence-electron chi connectivity index (χ2n) is 11.9. The number of carbonyl (C=O) groups is 3. The normalized spacial score (nSPS) is 14.8. The van der Waals surface area contributed by atoms with E-state index in [2.05, 4.69) is 15.0 Å². The summed E-state index contributed by atoms with van der Waals surface area (Å²) >= 11 is 0.833. The predicted octanol–water partition coefficient (Wildman–Crippen LogP) is 5.66. The first kappa shape index (κ1) is 32.0. The maximum Gasteiger partial charge on any atom is 0.273 e. The number of hydrogen-bond donors (Lipinski definition) is 3. The third kappa shape index (κ3) is 7.38. The van der Waals surface area contributed by atoms with Crippen LogP contribution < -0.4 is 25.8 Å². The van der Waals surface area contributed by atoms with Crippen LogP contribution in [0.1, 0.15) is 80.6 Å². The lowest BCUT2D eigenvalue weighted by atomic mass is 9.95. The van der Waals surface area contributed by atoms with Crippen molar-refractivity contribution >= 4 is 34.9 Å². The largest absolute Gasteiger partial charge is 0.454 e. The van der Waals surface area contributed by atoms with Crippen LogP contribution in [0, 0.1) is 12.7 Å². The number of rotatable bonds is 10. The summed E-state index contributed by atoms with van der Waals surface area (Å²) in [4.78, 5) is 43.3. The Bertz CT molecular complexity index is 1760. The van der Waals surface area contributed by atoms with Gasteiger partial charge in [-0.3, -0.25) is 14.4 Å². The minimum Gasteiger partial charge on any atom is -0.454 e. The van der Waals surface area contributed by atoms with E-state index in [0.29, 0.717) is 28.2 Å². The lowest BCUT2D eigenvalue weighted by Gasteiger charge is -2.31. The molecular formula is C35H36FN5O5S. The maximum atomic E-state index is 14.5. The quantitative estimate of drug-likeness (QED) is 0.200. The molecule has 0 bridgehead atoms. The second kappa shape index (κ2) is 14.2. The average molecular weight is 658 g/mol. The van der Waals surface area contributed by atoms with Gasteiger partial charge in [0.15, 0.2) is 17.2 Å². The van der Waals surface area contributed by atoms with Crippen LogP contribution >= 0.6 is 11.5 Å². The number of nitrogens with zero attached hydrogens (tertiary/aromatic N) is 2. The van der Waals surface area contributed by atoms with Gasteiger partial charge in [-0.15, -0.1) is 0 Å². The molecule has 10 nitrogen and oxygen atoms in total. The Morgan fingerprint density at radius 1 is 0.979 bits per heavy atom. The van der Waals surface area contributed by atoms with Crippen molar-refractivity contribution in [2.45, 2.75) is 64.2 Å². The van der Waals surface area contributed by atoms with Gasteiger partial charge in [0.05, 0.1) is 5.69 Å². The van der Waals surface area contributed by atoms with Gasteiger partial charge >= 0.3 is 0 Å². The number of aromatic nitrogens is 1. The van der Waals surface area contributed by atoms with Crippen molar-refractivity contribution in [1.82, 2.24) is 19.9 Å². The van der Waals surface area contributed by atoms with E-state index in [9.17, 15) is 18.8 Å². The van der Waals surface area contributed by atoms with Gasteiger partial charge in [0, 0.05) is 19.1 Å². The monoisotopic (exact) mass is 657 g/mol. The van der Waals surface area contributed by atoms with Gasteiger partial charge in [0.2, 0.25) is 12.7 Å². The summed E-state index contributed by atoms with van der Waals surface area (Å²) in [6.45, 7) is 2.13. The molecule has 12 heteroatoms. The summed E-state index contributed by atoms with van der Waals surface area (Å²) < 4.78 is 28.9. The third-order valence-electron chi connectivity index (χ3n) is 8.46. The Hall–Kier alpha value is -4.97. The smallest absolute Gasteiger partial charge is 0.273 e. The molecule has 4 aromatic rings. The highest BCUT2D eigenvalue weighted by Gasteiger charge is 2.35. The molecule has 1 saturated carbocycles. The summed E-state index contributed by atoms with van der Waals surface area (Å²) in [6.07, 6.45) is 4.99. The highest BCUT2D eigenvalue weighted by Crippen LogP contribution is 2.35. The summed E-state index contributed by atoms with van der Waals surface area (Å²) in [6, 6.07) is 17.4. The Morgan fingerprint density at radius 2 is 1.68 bits per heavy atom. The molecule has 2 heterocycles. The number of nitrogen functional groups attached to an aromatic ring is 1. The van der Waals surface area contributed by atoms with E-state index >= 15 is 0 Å². The van der Waals surface area contributed by atoms with E-state index in [-0.39, 0.29) is 48.0 Å². The fourth-order valence-electron chi connectivity index (χ4n) is 5.87. The van der Waals surface area contributed by atoms with Crippen molar-refractivity contribution < 1.29 is 28.2 Å². The Balaban J connectivity index is 1.35. The van der Waals surface area contributed by atoms with Crippen molar-refractivity contribution in [3.05, 3.63) is 105 Å². The SMILES string of the molecule is Cc1ccc(C(C(=O)NCc2ccc(F)cc2)N(Cc2ccc3c(c2)OCO3)C(=O)c2snc(C(=O)NC3CCCCC3)c2N)cc1. The molecule has 2 aliphatic rings. The van der Waals surface area contributed by atoms with Crippen LogP contribution in [-0.4, -0.2) is 39.8 Å². The van der Waals surface area contributed by atoms with Crippen molar-refractivity contribution in [1.29, 1.82) is 0 Å². The van der Waals surface area contributed by atoms with Gasteiger partial charge in [-0.1, -0.05) is 67.3 Å². The summed E-state index contributed by atoms with van der Waals surface area (Å²) in [5, 5.41) is 5.94. The molecule has 0 saturated heterocycles. The molecule has 1 aliphatic heterocycles. The van der Waals surface area contributed by atoms with E-state index in [1.165, 1.54) is 17.0 Å². The Kier molecular flexibility index (Phi) is 9.67. The fourth-order valence-corrected chi connectivity index (χ4v) is 6.63. The van der Waals surface area contributed by atoms with Crippen molar-refractivity contribution in [2.75, 3.05) is 12.5 Å². The zero-order chi connectivity index (χ0) is 32.9. The first-order valence-electron chi connectivity index (χ1n) is 15.6. The van der Waals surface area contributed by atoms with Gasteiger partial charge in [-0.05, 0) is 72.3 Å². The molecule has 0 spiro atoms. The maximum absolute atomic E-state index is 14.5. The number of anilines is 1. The van der Waals surface area contributed by atoms with Gasteiger partial charge < -0.3 is 30.7 Å². The van der Waals surface area contributed by atoms with Crippen LogP contribution in [0.2, 0.25) is 0 Å².